The molecule has 1 heterocycles. The minimum absolute atomic E-state index is 0.0277. The molecule has 0 spiro atoms. The molecule has 1 aromatic heterocycles. The number of furan rings is 1. The predicted molar refractivity (Wildman–Crippen MR) is 192 cm³/mol. The smallest absolute Gasteiger partial charge is 0.136 e. The van der Waals surface area contributed by atoms with Crippen LogP contribution in [0.5, 0.6) is 0 Å². The molecule has 0 aliphatic rings. The second-order valence-electron chi connectivity index (χ2n) is 11.3. The predicted octanol–water partition coefficient (Wildman–Crippen LogP) is 12.7. The van der Waals surface area contributed by atoms with Crippen molar-refractivity contribution in [2.45, 2.75) is 0 Å². The van der Waals surface area contributed by atoms with Gasteiger partial charge < -0.3 is 4.42 Å². The first kappa shape index (κ1) is 17.4. The minimum atomic E-state index is -0.546. The third kappa shape index (κ3) is 3.44. The topological polar surface area (TPSA) is 13.1 Å². The zero-order valence-corrected chi connectivity index (χ0v) is 23.7. The first-order chi connectivity index (χ1) is 26.1. The lowest BCUT2D eigenvalue weighted by atomic mass is 9.82. The molecule has 0 N–H and O–H groups in total. The molecule has 1 heteroatoms. The lowest BCUT2D eigenvalue weighted by molar-refractivity contribution is 0.669. The standard InChI is InChI=1S/C44H26O/c1-3-14-29-27(12-1)24-25-32-31(29)21-11-22-33(32)41-34-16-5-7-18-36(34)42(37-19-8-6-17-35(37)41)44-30-15-4-2-13-28(30)26-40-43(44)38-20-9-10-23-39(38)45-40/h1-26H/i1D,3D,11D,12D,14D,21D,22D,24D,25D. The number of benzene rings is 9. The van der Waals surface area contributed by atoms with Crippen LogP contribution in [0, 0.1) is 0 Å². The van der Waals surface area contributed by atoms with Gasteiger partial charge in [0.05, 0.1) is 12.3 Å². The Morgan fingerprint density at radius 3 is 1.78 bits per heavy atom. The van der Waals surface area contributed by atoms with Crippen LogP contribution in [0.4, 0.5) is 0 Å². The van der Waals surface area contributed by atoms with Gasteiger partial charge in [0.2, 0.25) is 0 Å². The van der Waals surface area contributed by atoms with E-state index in [1.54, 1.807) is 0 Å². The summed E-state index contributed by atoms with van der Waals surface area (Å²) in [6.45, 7) is 0. The summed E-state index contributed by atoms with van der Waals surface area (Å²) in [7, 11) is 0. The van der Waals surface area contributed by atoms with Crippen LogP contribution in [0.2, 0.25) is 0 Å². The zero-order valence-electron chi connectivity index (χ0n) is 32.7. The molecule has 0 radical (unpaired) electrons. The highest BCUT2D eigenvalue weighted by Crippen LogP contribution is 2.50. The summed E-state index contributed by atoms with van der Waals surface area (Å²) in [5.74, 6) is 0. The number of para-hydroxylation sites is 1. The van der Waals surface area contributed by atoms with Crippen molar-refractivity contribution in [1.82, 2.24) is 0 Å². The Balaban J connectivity index is 1.47. The number of fused-ring (bicyclic) bond motifs is 9. The monoisotopic (exact) mass is 579 g/mol. The van der Waals surface area contributed by atoms with Crippen molar-refractivity contribution < 1.29 is 16.8 Å². The van der Waals surface area contributed by atoms with Crippen molar-refractivity contribution in [2.24, 2.45) is 0 Å². The molecule has 0 aliphatic carbocycles. The van der Waals surface area contributed by atoms with Gasteiger partial charge in [0.15, 0.2) is 0 Å². The van der Waals surface area contributed by atoms with Crippen molar-refractivity contribution in [1.29, 1.82) is 0 Å². The lowest BCUT2D eigenvalue weighted by Crippen LogP contribution is -1.93. The van der Waals surface area contributed by atoms with Gasteiger partial charge in [-0.1, -0.05) is 145 Å². The Labute approximate surface area is 272 Å². The molecule has 0 bridgehead atoms. The van der Waals surface area contributed by atoms with Gasteiger partial charge in [-0.25, -0.2) is 0 Å². The fourth-order valence-electron chi connectivity index (χ4n) is 7.10. The summed E-state index contributed by atoms with van der Waals surface area (Å²) in [4.78, 5) is 0. The number of rotatable bonds is 2. The minimum Gasteiger partial charge on any atom is -0.456 e. The van der Waals surface area contributed by atoms with Gasteiger partial charge in [0.25, 0.3) is 0 Å². The van der Waals surface area contributed by atoms with E-state index in [9.17, 15) is 2.74 Å². The molecule has 0 aliphatic heterocycles. The van der Waals surface area contributed by atoms with Gasteiger partial charge in [-0.05, 0) is 82.7 Å². The molecule has 0 saturated carbocycles. The summed E-state index contributed by atoms with van der Waals surface area (Å²) in [6, 6.07) is 29.8. The Hall–Kier alpha value is -5.92. The molecule has 10 aromatic rings. The number of hydrogen-bond acceptors (Lipinski definition) is 1. The van der Waals surface area contributed by atoms with Crippen molar-refractivity contribution in [3.63, 3.8) is 0 Å². The third-order valence-corrected chi connectivity index (χ3v) is 8.95. The van der Waals surface area contributed by atoms with Gasteiger partial charge in [-0.15, -0.1) is 0 Å². The Kier molecular flexibility index (Phi) is 3.59. The van der Waals surface area contributed by atoms with Crippen LogP contribution >= 0.6 is 0 Å². The van der Waals surface area contributed by atoms with Crippen molar-refractivity contribution in [2.75, 3.05) is 0 Å². The van der Waals surface area contributed by atoms with E-state index in [1.807, 2.05) is 78.9 Å². The second kappa shape index (κ2) is 9.29. The summed E-state index contributed by atoms with van der Waals surface area (Å²) >= 11 is 0. The average molecular weight is 580 g/mol. The fraction of sp³-hybridized carbons (Fsp3) is 0. The molecular weight excluding hydrogens is 544 g/mol. The fourth-order valence-corrected chi connectivity index (χ4v) is 7.10. The maximum atomic E-state index is 9.44. The van der Waals surface area contributed by atoms with Crippen LogP contribution in [0.1, 0.15) is 12.3 Å². The average Bonchev–Trinajstić information content (AvgIpc) is 3.56. The van der Waals surface area contributed by atoms with E-state index in [-0.39, 0.29) is 39.2 Å². The van der Waals surface area contributed by atoms with Crippen LogP contribution in [0.25, 0.3) is 98.1 Å². The molecule has 10 rings (SSSR count). The van der Waals surface area contributed by atoms with Crippen LogP contribution in [-0.4, -0.2) is 0 Å². The molecule has 0 amide bonds. The zero-order chi connectivity index (χ0) is 37.3. The summed E-state index contributed by atoms with van der Waals surface area (Å²) in [5, 5.41) is 6.73. The Bertz CT molecular complexity index is 3270. The van der Waals surface area contributed by atoms with Gasteiger partial charge in [-0.2, -0.15) is 0 Å². The molecule has 9 aromatic carbocycles. The maximum Gasteiger partial charge on any atom is 0.136 e. The highest BCUT2D eigenvalue weighted by molar-refractivity contribution is 6.31. The normalized spacial score (nSPS) is 14.8. The van der Waals surface area contributed by atoms with Gasteiger partial charge in [0.1, 0.15) is 11.2 Å². The lowest BCUT2D eigenvalue weighted by Gasteiger charge is -2.20. The Morgan fingerprint density at radius 2 is 1.00 bits per heavy atom. The molecule has 0 atom stereocenters. The van der Waals surface area contributed by atoms with Crippen LogP contribution in [0.3, 0.4) is 0 Å². The SMILES string of the molecule is [2H]c1c([2H])c([2H])c2c(c1[2H])c([2H])c([2H])c1c(-c3c4ccccc4c(-c4c5ccccc5cc5oc6ccccc6c45)c4ccccc34)c([2H])c([2H])c([2H])c12. The van der Waals surface area contributed by atoms with Gasteiger partial charge in [0, 0.05) is 16.3 Å². The van der Waals surface area contributed by atoms with Crippen LogP contribution in [-0.2, 0) is 0 Å². The van der Waals surface area contributed by atoms with E-state index in [0.29, 0.717) is 16.3 Å². The van der Waals surface area contributed by atoms with E-state index < -0.39 is 42.3 Å². The highest BCUT2D eigenvalue weighted by atomic mass is 16.3. The van der Waals surface area contributed by atoms with Gasteiger partial charge >= 0.3 is 0 Å². The van der Waals surface area contributed by atoms with E-state index in [4.69, 9.17) is 14.0 Å². The molecule has 0 fully saturated rings. The van der Waals surface area contributed by atoms with E-state index in [1.165, 1.54) is 0 Å². The molecule has 45 heavy (non-hydrogen) atoms. The van der Waals surface area contributed by atoms with Crippen molar-refractivity contribution in [3.05, 3.63) is 158 Å². The molecule has 208 valence electrons. The highest BCUT2D eigenvalue weighted by Gasteiger charge is 2.23. The largest absolute Gasteiger partial charge is 0.456 e. The quantitative estimate of drug-likeness (QED) is 0.147. The molecule has 0 unspecified atom stereocenters. The van der Waals surface area contributed by atoms with Crippen molar-refractivity contribution >= 4 is 75.8 Å². The summed E-state index contributed by atoms with van der Waals surface area (Å²) in [6.07, 6.45) is 0. The van der Waals surface area contributed by atoms with Crippen molar-refractivity contribution in [3.8, 4) is 22.3 Å². The molecule has 1 nitrogen and oxygen atoms in total. The van der Waals surface area contributed by atoms with Crippen LogP contribution in [0.15, 0.2) is 162 Å². The third-order valence-electron chi connectivity index (χ3n) is 8.95. The first-order valence-corrected chi connectivity index (χ1v) is 14.8. The maximum absolute atomic E-state index is 9.44. The van der Waals surface area contributed by atoms with E-state index in [2.05, 4.69) is 24.3 Å². The second-order valence-corrected chi connectivity index (χ2v) is 11.3. The van der Waals surface area contributed by atoms with E-state index in [0.717, 1.165) is 54.6 Å². The summed E-state index contributed by atoms with van der Waals surface area (Å²) in [5.41, 5.74) is 4.11. The first-order valence-electron chi connectivity index (χ1n) is 19.3. The molecular formula is C44H26O. The van der Waals surface area contributed by atoms with Gasteiger partial charge in [-0.3, -0.25) is 0 Å². The molecule has 0 saturated heterocycles. The van der Waals surface area contributed by atoms with Crippen LogP contribution < -0.4 is 0 Å². The summed E-state index contributed by atoms with van der Waals surface area (Å²) < 4.78 is 86.9. The Morgan fingerprint density at radius 1 is 0.378 bits per heavy atom. The van der Waals surface area contributed by atoms with E-state index >= 15 is 0 Å². The number of hydrogen-bond donors (Lipinski definition) is 0.